The fourth-order valence-electron chi connectivity index (χ4n) is 1.17. The number of ether oxygens (including phenoxy) is 2. The van der Waals surface area contributed by atoms with Gasteiger partial charge < -0.3 is 14.6 Å². The van der Waals surface area contributed by atoms with Gasteiger partial charge in [0.15, 0.2) is 6.29 Å². The number of hydrogen-bond donors (Lipinski definition) is 1. The lowest BCUT2D eigenvalue weighted by molar-refractivity contribution is -0.188. The maximum atomic E-state index is 9.38. The van der Waals surface area contributed by atoms with Crippen LogP contribution in [-0.4, -0.2) is 30.7 Å². The molecule has 0 aromatic rings. The molecule has 3 unspecified atom stereocenters. The fraction of sp³-hybridized carbons (Fsp3) is 0.750. The first kappa shape index (κ1) is 8.71. The first-order valence-electron chi connectivity index (χ1n) is 3.69. The Hall–Kier alpha value is -0.380. The lowest BCUT2D eigenvalue weighted by Crippen LogP contribution is -2.39. The van der Waals surface area contributed by atoms with Crippen molar-refractivity contribution >= 4 is 0 Å². The summed E-state index contributed by atoms with van der Waals surface area (Å²) in [5.41, 5.74) is 0.788. The van der Waals surface area contributed by atoms with Crippen molar-refractivity contribution in [3.63, 3.8) is 0 Å². The molecule has 0 radical (unpaired) electrons. The highest BCUT2D eigenvalue weighted by molar-refractivity contribution is 5.07. The molecule has 0 saturated carbocycles. The summed E-state index contributed by atoms with van der Waals surface area (Å²) in [5.74, 6) is 0. The minimum Gasteiger partial charge on any atom is -0.386 e. The van der Waals surface area contributed by atoms with Gasteiger partial charge in [-0.2, -0.15) is 0 Å². The van der Waals surface area contributed by atoms with Crippen molar-refractivity contribution in [1.29, 1.82) is 0 Å². The van der Waals surface area contributed by atoms with Gasteiger partial charge in [-0.15, -0.1) is 0 Å². The second-order valence-corrected chi connectivity index (χ2v) is 2.81. The summed E-state index contributed by atoms with van der Waals surface area (Å²) in [7, 11) is 1.59. The minimum atomic E-state index is -0.540. The van der Waals surface area contributed by atoms with E-state index in [2.05, 4.69) is 6.58 Å². The van der Waals surface area contributed by atoms with Crippen LogP contribution in [0.25, 0.3) is 0 Å². The van der Waals surface area contributed by atoms with Crippen molar-refractivity contribution in [2.75, 3.05) is 7.11 Å². The molecule has 1 aliphatic heterocycles. The van der Waals surface area contributed by atoms with Gasteiger partial charge in [0, 0.05) is 13.5 Å². The molecule has 1 rings (SSSR count). The van der Waals surface area contributed by atoms with E-state index in [0.29, 0.717) is 6.42 Å². The average molecular weight is 158 g/mol. The summed E-state index contributed by atoms with van der Waals surface area (Å²) in [6.07, 6.45) is -0.398. The van der Waals surface area contributed by atoms with Crippen LogP contribution in [0, 0.1) is 0 Å². The number of hydrogen-bond acceptors (Lipinski definition) is 3. The molecule has 0 spiro atoms. The normalized spacial score (nSPS) is 39.2. The zero-order valence-corrected chi connectivity index (χ0v) is 6.91. The quantitative estimate of drug-likeness (QED) is 0.570. The van der Waals surface area contributed by atoms with Gasteiger partial charge >= 0.3 is 0 Å². The molecule has 0 bridgehead atoms. The predicted octanol–water partition coefficient (Wildman–Crippen LogP) is 0.685. The van der Waals surface area contributed by atoms with E-state index in [4.69, 9.17) is 9.47 Å². The van der Waals surface area contributed by atoms with Crippen LogP contribution in [0.2, 0.25) is 0 Å². The molecule has 1 N–H and O–H groups in total. The monoisotopic (exact) mass is 158 g/mol. The van der Waals surface area contributed by atoms with Crippen molar-refractivity contribution in [2.45, 2.75) is 31.8 Å². The number of methoxy groups -OCH3 is 1. The lowest BCUT2D eigenvalue weighted by Gasteiger charge is -2.32. The largest absolute Gasteiger partial charge is 0.386 e. The Morgan fingerprint density at radius 3 is 2.82 bits per heavy atom. The van der Waals surface area contributed by atoms with Crippen LogP contribution in [0.4, 0.5) is 0 Å². The van der Waals surface area contributed by atoms with Crippen molar-refractivity contribution in [3.05, 3.63) is 12.2 Å². The predicted molar refractivity (Wildman–Crippen MR) is 41.1 cm³/mol. The number of aliphatic hydroxyl groups is 1. The molecule has 64 valence electrons. The molecule has 0 aromatic carbocycles. The van der Waals surface area contributed by atoms with Crippen LogP contribution >= 0.6 is 0 Å². The highest BCUT2D eigenvalue weighted by Crippen LogP contribution is 2.23. The molecular formula is C8H14O3. The Balaban J connectivity index is 2.54. The zero-order valence-electron chi connectivity index (χ0n) is 6.91. The van der Waals surface area contributed by atoms with E-state index in [1.165, 1.54) is 0 Å². The molecule has 1 heterocycles. The van der Waals surface area contributed by atoms with Gasteiger partial charge in [0.05, 0.1) is 6.10 Å². The number of aliphatic hydroxyl groups excluding tert-OH is 1. The van der Waals surface area contributed by atoms with E-state index < -0.39 is 6.10 Å². The van der Waals surface area contributed by atoms with E-state index in [1.54, 1.807) is 14.0 Å². The highest BCUT2D eigenvalue weighted by atomic mass is 16.7. The summed E-state index contributed by atoms with van der Waals surface area (Å²) >= 11 is 0. The fourth-order valence-corrected chi connectivity index (χ4v) is 1.17. The summed E-state index contributed by atoms with van der Waals surface area (Å²) in [6.45, 7) is 5.54. The molecule has 1 fully saturated rings. The van der Waals surface area contributed by atoms with Gasteiger partial charge in [-0.05, 0) is 12.5 Å². The van der Waals surface area contributed by atoms with Gasteiger partial charge in [0.25, 0.3) is 0 Å². The Morgan fingerprint density at radius 1 is 1.73 bits per heavy atom. The van der Waals surface area contributed by atoms with Crippen LogP contribution in [0.5, 0.6) is 0 Å². The second kappa shape index (κ2) is 3.34. The van der Waals surface area contributed by atoms with Crippen LogP contribution in [-0.2, 0) is 9.47 Å². The molecule has 0 aliphatic carbocycles. The first-order valence-corrected chi connectivity index (χ1v) is 3.69. The molecule has 11 heavy (non-hydrogen) atoms. The summed E-state index contributed by atoms with van der Waals surface area (Å²) < 4.78 is 10.3. The summed E-state index contributed by atoms with van der Waals surface area (Å²) in [4.78, 5) is 0. The SMILES string of the molecule is C=C1CC(OC)OC(C)C1O. The maximum Gasteiger partial charge on any atom is 0.161 e. The molecule has 3 nitrogen and oxygen atoms in total. The third kappa shape index (κ3) is 1.80. The van der Waals surface area contributed by atoms with Crippen LogP contribution in [0.15, 0.2) is 12.2 Å². The average Bonchev–Trinajstić information content (AvgIpc) is 1.99. The van der Waals surface area contributed by atoms with Gasteiger partial charge in [0.1, 0.15) is 6.10 Å². The van der Waals surface area contributed by atoms with Crippen LogP contribution < -0.4 is 0 Å². The van der Waals surface area contributed by atoms with Crippen molar-refractivity contribution < 1.29 is 14.6 Å². The number of rotatable bonds is 1. The van der Waals surface area contributed by atoms with Gasteiger partial charge in [0.2, 0.25) is 0 Å². The van der Waals surface area contributed by atoms with E-state index in [9.17, 15) is 5.11 Å². The zero-order chi connectivity index (χ0) is 8.43. The van der Waals surface area contributed by atoms with E-state index in [0.717, 1.165) is 5.57 Å². The molecule has 1 saturated heterocycles. The lowest BCUT2D eigenvalue weighted by atomic mass is 10.0. The second-order valence-electron chi connectivity index (χ2n) is 2.81. The minimum absolute atomic E-state index is 0.207. The molecule has 0 aromatic heterocycles. The third-order valence-electron chi connectivity index (χ3n) is 1.92. The molecule has 1 aliphatic rings. The van der Waals surface area contributed by atoms with Crippen molar-refractivity contribution in [3.8, 4) is 0 Å². The molecule has 3 atom stereocenters. The van der Waals surface area contributed by atoms with Crippen molar-refractivity contribution in [2.24, 2.45) is 0 Å². The summed E-state index contributed by atoms with van der Waals surface area (Å²) in [6, 6.07) is 0. The Morgan fingerprint density at radius 2 is 2.36 bits per heavy atom. The first-order chi connectivity index (χ1) is 5.15. The molecule has 3 heteroatoms. The Bertz CT molecular complexity index is 155. The third-order valence-corrected chi connectivity index (χ3v) is 1.92. The van der Waals surface area contributed by atoms with Crippen LogP contribution in [0.1, 0.15) is 13.3 Å². The van der Waals surface area contributed by atoms with Crippen LogP contribution in [0.3, 0.4) is 0 Å². The summed E-state index contributed by atoms with van der Waals surface area (Å²) in [5, 5.41) is 9.38. The van der Waals surface area contributed by atoms with Crippen molar-refractivity contribution in [1.82, 2.24) is 0 Å². The van der Waals surface area contributed by atoms with E-state index in [1.807, 2.05) is 0 Å². The highest BCUT2D eigenvalue weighted by Gasteiger charge is 2.28. The topological polar surface area (TPSA) is 38.7 Å². The van der Waals surface area contributed by atoms with E-state index in [-0.39, 0.29) is 12.4 Å². The standard InChI is InChI=1S/C8H14O3/c1-5-4-7(10-3)11-6(2)8(5)9/h6-9H,1,4H2,2-3H3. The maximum absolute atomic E-state index is 9.38. The Labute approximate surface area is 66.6 Å². The van der Waals surface area contributed by atoms with Gasteiger partial charge in [-0.3, -0.25) is 0 Å². The smallest absolute Gasteiger partial charge is 0.161 e. The molecule has 0 amide bonds. The van der Waals surface area contributed by atoms with Gasteiger partial charge in [-0.25, -0.2) is 0 Å². The molecular weight excluding hydrogens is 144 g/mol. The van der Waals surface area contributed by atoms with Gasteiger partial charge in [-0.1, -0.05) is 6.58 Å². The van der Waals surface area contributed by atoms with E-state index >= 15 is 0 Å². The Kier molecular flexibility index (Phi) is 2.65.